The van der Waals surface area contributed by atoms with Gasteiger partial charge >= 0.3 is 0 Å². The number of para-hydroxylation sites is 1. The molecule has 1 aliphatic carbocycles. The fourth-order valence-electron chi connectivity index (χ4n) is 2.49. The monoisotopic (exact) mass is 246 g/mol. The molecule has 4 nitrogen and oxygen atoms in total. The Morgan fingerprint density at radius 2 is 2.11 bits per heavy atom. The molecule has 2 aliphatic rings. The maximum absolute atomic E-state index is 11.5. The van der Waals surface area contributed by atoms with Crippen LogP contribution >= 0.6 is 0 Å². The molecule has 1 aliphatic heterocycles. The highest BCUT2D eigenvalue weighted by Crippen LogP contribution is 2.40. The van der Waals surface area contributed by atoms with Gasteiger partial charge in [0.1, 0.15) is 0 Å². The molecule has 4 heteroatoms. The van der Waals surface area contributed by atoms with E-state index in [-0.39, 0.29) is 5.91 Å². The molecule has 0 radical (unpaired) electrons. The summed E-state index contributed by atoms with van der Waals surface area (Å²) in [5, 5.41) is 12.9. The predicted molar refractivity (Wildman–Crippen MR) is 69.6 cm³/mol. The smallest absolute Gasteiger partial charge is 0.239 e. The second kappa shape index (κ2) is 4.28. The lowest BCUT2D eigenvalue weighted by atomic mass is 10.0. The van der Waals surface area contributed by atoms with Gasteiger partial charge in [-0.3, -0.25) is 4.79 Å². The molecule has 2 fully saturated rings. The van der Waals surface area contributed by atoms with Crippen molar-refractivity contribution in [1.82, 2.24) is 5.32 Å². The standard InChI is InChI=1S/C14H18N2O2/c17-13-10-16(8-7-15-13)12-4-2-1-3-11(12)9-14(18)5-6-14/h1-4,18H,5-10H2,(H,15,17). The Hall–Kier alpha value is -1.55. The molecular formula is C14H18N2O2. The van der Waals surface area contributed by atoms with Crippen molar-refractivity contribution in [2.75, 3.05) is 24.5 Å². The Bertz CT molecular complexity index is 469. The molecule has 1 saturated heterocycles. The first-order valence-electron chi connectivity index (χ1n) is 6.48. The van der Waals surface area contributed by atoms with Gasteiger partial charge in [-0.25, -0.2) is 0 Å². The minimum Gasteiger partial charge on any atom is -0.390 e. The zero-order valence-electron chi connectivity index (χ0n) is 10.4. The molecule has 1 aromatic rings. The van der Waals surface area contributed by atoms with Gasteiger partial charge in [0.15, 0.2) is 0 Å². The van der Waals surface area contributed by atoms with Crippen LogP contribution in [0.1, 0.15) is 18.4 Å². The van der Waals surface area contributed by atoms with E-state index in [9.17, 15) is 9.90 Å². The number of nitrogens with one attached hydrogen (secondary N) is 1. The third kappa shape index (κ3) is 2.34. The van der Waals surface area contributed by atoms with Gasteiger partial charge in [0, 0.05) is 25.2 Å². The van der Waals surface area contributed by atoms with Crippen LogP contribution in [0, 0.1) is 0 Å². The van der Waals surface area contributed by atoms with Crippen LogP contribution in [0.2, 0.25) is 0 Å². The van der Waals surface area contributed by atoms with Crippen molar-refractivity contribution in [2.24, 2.45) is 0 Å². The number of nitrogens with zero attached hydrogens (tertiary/aromatic N) is 1. The molecule has 1 aromatic carbocycles. The fourth-order valence-corrected chi connectivity index (χ4v) is 2.49. The Morgan fingerprint density at radius 3 is 2.83 bits per heavy atom. The van der Waals surface area contributed by atoms with E-state index in [1.165, 1.54) is 0 Å². The summed E-state index contributed by atoms with van der Waals surface area (Å²) >= 11 is 0. The van der Waals surface area contributed by atoms with Gasteiger partial charge in [-0.15, -0.1) is 0 Å². The van der Waals surface area contributed by atoms with Gasteiger partial charge in [0.2, 0.25) is 5.91 Å². The number of carbonyl (C=O) groups excluding carboxylic acids is 1. The van der Waals surface area contributed by atoms with Crippen molar-refractivity contribution in [1.29, 1.82) is 0 Å². The first-order chi connectivity index (χ1) is 8.66. The Labute approximate surface area is 107 Å². The van der Waals surface area contributed by atoms with E-state index in [4.69, 9.17) is 0 Å². The minimum atomic E-state index is -0.492. The number of carbonyl (C=O) groups is 1. The predicted octanol–water partition coefficient (Wildman–Crippen LogP) is 0.690. The lowest BCUT2D eigenvalue weighted by Crippen LogP contribution is -2.48. The number of rotatable bonds is 3. The molecule has 0 aromatic heterocycles. The van der Waals surface area contributed by atoms with E-state index in [2.05, 4.69) is 16.3 Å². The summed E-state index contributed by atoms with van der Waals surface area (Å²) in [6, 6.07) is 8.08. The summed E-state index contributed by atoms with van der Waals surface area (Å²) < 4.78 is 0. The van der Waals surface area contributed by atoms with Crippen LogP contribution in [0.25, 0.3) is 0 Å². The second-order valence-electron chi connectivity index (χ2n) is 5.30. The van der Waals surface area contributed by atoms with Crippen LogP contribution in [0.15, 0.2) is 24.3 Å². The van der Waals surface area contributed by atoms with E-state index < -0.39 is 5.60 Å². The molecule has 18 heavy (non-hydrogen) atoms. The van der Waals surface area contributed by atoms with Crippen LogP contribution in [-0.4, -0.2) is 36.2 Å². The zero-order valence-corrected chi connectivity index (χ0v) is 10.4. The van der Waals surface area contributed by atoms with Crippen molar-refractivity contribution in [3.63, 3.8) is 0 Å². The highest BCUT2D eigenvalue weighted by Gasteiger charge is 2.40. The normalized spacial score (nSPS) is 21.6. The maximum atomic E-state index is 11.5. The van der Waals surface area contributed by atoms with Crippen molar-refractivity contribution in [3.05, 3.63) is 29.8 Å². The average molecular weight is 246 g/mol. The number of aliphatic hydroxyl groups is 1. The van der Waals surface area contributed by atoms with Crippen LogP contribution in [0.4, 0.5) is 5.69 Å². The third-order valence-corrected chi connectivity index (χ3v) is 3.72. The molecular weight excluding hydrogens is 228 g/mol. The molecule has 0 atom stereocenters. The summed E-state index contributed by atoms with van der Waals surface area (Å²) in [6.07, 6.45) is 2.48. The number of hydrogen-bond acceptors (Lipinski definition) is 3. The molecule has 0 unspecified atom stereocenters. The number of hydrogen-bond donors (Lipinski definition) is 2. The van der Waals surface area contributed by atoms with E-state index in [0.29, 0.717) is 19.5 Å². The first-order valence-corrected chi connectivity index (χ1v) is 6.48. The van der Waals surface area contributed by atoms with E-state index in [1.807, 2.05) is 18.2 Å². The largest absolute Gasteiger partial charge is 0.390 e. The van der Waals surface area contributed by atoms with Gasteiger partial charge < -0.3 is 15.3 Å². The Kier molecular flexibility index (Phi) is 2.74. The molecule has 3 rings (SSSR count). The Balaban J connectivity index is 1.83. The number of benzene rings is 1. The van der Waals surface area contributed by atoms with Gasteiger partial charge in [-0.1, -0.05) is 18.2 Å². The number of anilines is 1. The lowest BCUT2D eigenvalue weighted by Gasteiger charge is -2.30. The fraction of sp³-hybridized carbons (Fsp3) is 0.500. The summed E-state index contributed by atoms with van der Waals surface area (Å²) in [5.74, 6) is 0.0705. The summed E-state index contributed by atoms with van der Waals surface area (Å²) in [5.41, 5.74) is 1.74. The molecule has 2 N–H and O–H groups in total. The molecule has 96 valence electrons. The molecule has 1 amide bonds. The van der Waals surface area contributed by atoms with Crippen LogP contribution < -0.4 is 10.2 Å². The van der Waals surface area contributed by atoms with Gasteiger partial charge in [0.05, 0.1) is 12.1 Å². The van der Waals surface area contributed by atoms with Crippen molar-refractivity contribution < 1.29 is 9.90 Å². The maximum Gasteiger partial charge on any atom is 0.239 e. The third-order valence-electron chi connectivity index (χ3n) is 3.72. The topological polar surface area (TPSA) is 52.6 Å². The average Bonchev–Trinajstić information content (AvgIpc) is 3.07. The van der Waals surface area contributed by atoms with E-state index >= 15 is 0 Å². The van der Waals surface area contributed by atoms with Gasteiger partial charge in [-0.2, -0.15) is 0 Å². The summed E-state index contributed by atoms with van der Waals surface area (Å²) in [6.45, 7) is 1.94. The van der Waals surface area contributed by atoms with E-state index in [0.717, 1.165) is 30.6 Å². The highest BCUT2D eigenvalue weighted by molar-refractivity contribution is 5.83. The van der Waals surface area contributed by atoms with Crippen molar-refractivity contribution in [2.45, 2.75) is 24.9 Å². The molecule has 1 heterocycles. The van der Waals surface area contributed by atoms with Gasteiger partial charge in [0.25, 0.3) is 0 Å². The highest BCUT2D eigenvalue weighted by atomic mass is 16.3. The van der Waals surface area contributed by atoms with Crippen LogP contribution in [0.5, 0.6) is 0 Å². The Morgan fingerprint density at radius 1 is 1.33 bits per heavy atom. The zero-order chi connectivity index (χ0) is 12.6. The summed E-state index contributed by atoms with van der Waals surface area (Å²) in [7, 11) is 0. The van der Waals surface area contributed by atoms with E-state index in [1.54, 1.807) is 0 Å². The van der Waals surface area contributed by atoms with Crippen LogP contribution in [0.3, 0.4) is 0 Å². The lowest BCUT2D eigenvalue weighted by molar-refractivity contribution is -0.120. The molecule has 1 saturated carbocycles. The SMILES string of the molecule is O=C1CN(c2ccccc2CC2(O)CC2)CCN1. The van der Waals surface area contributed by atoms with Gasteiger partial charge in [-0.05, 0) is 24.5 Å². The van der Waals surface area contributed by atoms with Crippen LogP contribution in [-0.2, 0) is 11.2 Å². The number of piperazine rings is 1. The molecule has 0 spiro atoms. The first kappa shape index (κ1) is 11.5. The quantitative estimate of drug-likeness (QED) is 0.825. The van der Waals surface area contributed by atoms with Crippen molar-refractivity contribution >= 4 is 11.6 Å². The molecule has 0 bridgehead atoms. The summed E-state index contributed by atoms with van der Waals surface area (Å²) in [4.78, 5) is 13.6. The number of amides is 1. The van der Waals surface area contributed by atoms with Crippen molar-refractivity contribution in [3.8, 4) is 0 Å². The minimum absolute atomic E-state index is 0.0705. The second-order valence-corrected chi connectivity index (χ2v) is 5.30.